The van der Waals surface area contributed by atoms with Crippen LogP contribution in [0.25, 0.3) is 0 Å². The first-order valence-electron chi connectivity index (χ1n) is 3.95. The van der Waals surface area contributed by atoms with Gasteiger partial charge in [0.05, 0.1) is 0 Å². The van der Waals surface area contributed by atoms with Crippen LogP contribution in [-0.4, -0.2) is 11.7 Å². The van der Waals surface area contributed by atoms with Gasteiger partial charge in [-0.15, -0.1) is 0 Å². The summed E-state index contributed by atoms with van der Waals surface area (Å²) < 4.78 is 0. The molecule has 1 rings (SSSR count). The van der Waals surface area contributed by atoms with Gasteiger partial charge in [0.1, 0.15) is 6.29 Å². The quantitative estimate of drug-likeness (QED) is 0.479. The van der Waals surface area contributed by atoms with Gasteiger partial charge in [0, 0.05) is 11.0 Å². The van der Waals surface area contributed by atoms with Gasteiger partial charge in [0.2, 0.25) is 0 Å². The van der Waals surface area contributed by atoms with Gasteiger partial charge in [-0.1, -0.05) is 44.3 Å². The van der Waals surface area contributed by atoms with E-state index in [0.717, 1.165) is 11.9 Å². The van der Waals surface area contributed by atoms with Crippen molar-refractivity contribution < 1.29 is 4.79 Å². The van der Waals surface area contributed by atoms with Crippen LogP contribution in [0.4, 0.5) is 0 Å². The zero-order valence-electron chi connectivity index (χ0n) is 7.28. The zero-order valence-corrected chi connectivity index (χ0v) is 8.10. The van der Waals surface area contributed by atoms with Crippen LogP contribution in [0.2, 0.25) is 0 Å². The van der Waals surface area contributed by atoms with Crippen molar-refractivity contribution in [1.82, 2.24) is 0 Å². The molecule has 0 saturated heterocycles. The Labute approximate surface area is 78.2 Å². The maximum absolute atomic E-state index is 10.4. The normalized spacial score (nSPS) is 34.2. The van der Waals surface area contributed by atoms with Crippen LogP contribution in [-0.2, 0) is 4.79 Å². The molecule has 0 N–H and O–H groups in total. The van der Waals surface area contributed by atoms with Crippen molar-refractivity contribution in [3.63, 3.8) is 0 Å². The van der Waals surface area contributed by atoms with Crippen molar-refractivity contribution in [1.29, 1.82) is 0 Å². The smallest absolute Gasteiger partial charge is 0.149 e. The van der Waals surface area contributed by atoms with E-state index in [2.05, 4.69) is 13.8 Å². The number of carbonyl (C=O) groups is 1. The highest BCUT2D eigenvalue weighted by Gasteiger charge is 2.26. The number of thiocarbonyl (C=S) groups is 1. The number of hydrogen-bond acceptors (Lipinski definition) is 2. The molecular formula is C10H12OS. The van der Waals surface area contributed by atoms with Crippen LogP contribution in [0, 0.1) is 11.3 Å². The second-order valence-corrected chi connectivity index (χ2v) is 3.63. The summed E-state index contributed by atoms with van der Waals surface area (Å²) in [5.41, 5.74) is 0.679. The average Bonchev–Trinajstić information content (AvgIpc) is 2.10. The van der Waals surface area contributed by atoms with Crippen LogP contribution < -0.4 is 0 Å². The lowest BCUT2D eigenvalue weighted by Crippen LogP contribution is -2.25. The first-order chi connectivity index (χ1) is 5.62. The van der Waals surface area contributed by atoms with E-state index in [-0.39, 0.29) is 5.41 Å². The van der Waals surface area contributed by atoms with Crippen molar-refractivity contribution in [2.24, 2.45) is 11.3 Å². The molecule has 0 aromatic carbocycles. The second-order valence-electron chi connectivity index (χ2n) is 3.39. The van der Waals surface area contributed by atoms with Crippen LogP contribution in [0.1, 0.15) is 13.8 Å². The molecule has 0 aromatic heterocycles. The molecule has 12 heavy (non-hydrogen) atoms. The maximum Gasteiger partial charge on any atom is 0.149 e. The van der Waals surface area contributed by atoms with Crippen LogP contribution in [0.5, 0.6) is 0 Å². The van der Waals surface area contributed by atoms with Crippen molar-refractivity contribution in [3.05, 3.63) is 23.8 Å². The maximum atomic E-state index is 10.4. The van der Waals surface area contributed by atoms with Crippen LogP contribution >= 0.6 is 12.2 Å². The summed E-state index contributed by atoms with van der Waals surface area (Å²) in [7, 11) is 0. The Morgan fingerprint density at radius 2 is 2.33 bits per heavy atom. The van der Waals surface area contributed by atoms with E-state index in [9.17, 15) is 4.79 Å². The highest BCUT2D eigenvalue weighted by molar-refractivity contribution is 7.79. The van der Waals surface area contributed by atoms with Crippen LogP contribution in [0.3, 0.4) is 0 Å². The minimum atomic E-state index is -0.0676. The Balaban J connectivity index is 2.95. The molecule has 0 heterocycles. The van der Waals surface area contributed by atoms with E-state index in [0.29, 0.717) is 5.92 Å². The van der Waals surface area contributed by atoms with Crippen molar-refractivity contribution in [3.8, 4) is 0 Å². The summed E-state index contributed by atoms with van der Waals surface area (Å²) in [4.78, 5) is 10.4. The summed E-state index contributed by atoms with van der Waals surface area (Å²) in [5, 5.41) is 1.76. The standard InChI is InChI=1S/C10H12OS/c1-8-5-9(6-11)3-4-10(8,2)7-12/h3-8H,1-2H3. The van der Waals surface area contributed by atoms with E-state index >= 15 is 0 Å². The van der Waals surface area contributed by atoms with Gasteiger partial charge >= 0.3 is 0 Å². The van der Waals surface area contributed by atoms with Gasteiger partial charge in [0.25, 0.3) is 0 Å². The summed E-state index contributed by atoms with van der Waals surface area (Å²) in [6.07, 6.45) is 6.65. The third-order valence-corrected chi connectivity index (χ3v) is 2.96. The zero-order chi connectivity index (χ0) is 9.19. The SMILES string of the molecule is CC1C=C(C=O)C=CC1(C)C=S. The second kappa shape index (κ2) is 3.31. The molecule has 1 aliphatic carbocycles. The van der Waals surface area contributed by atoms with E-state index < -0.39 is 0 Å². The molecule has 0 amide bonds. The topological polar surface area (TPSA) is 17.1 Å². The van der Waals surface area contributed by atoms with Gasteiger partial charge in [-0.05, 0) is 11.3 Å². The predicted molar refractivity (Wildman–Crippen MR) is 54.2 cm³/mol. The molecule has 0 aromatic rings. The molecule has 0 fully saturated rings. The number of rotatable bonds is 2. The largest absolute Gasteiger partial charge is 0.298 e. The fourth-order valence-corrected chi connectivity index (χ4v) is 1.47. The number of carbonyl (C=O) groups excluding carboxylic acids is 1. The van der Waals surface area contributed by atoms with Gasteiger partial charge in [-0.3, -0.25) is 4.79 Å². The third kappa shape index (κ3) is 1.53. The molecule has 0 saturated carbocycles. The van der Waals surface area contributed by atoms with E-state index in [1.807, 2.05) is 18.2 Å². The predicted octanol–water partition coefficient (Wildman–Crippen LogP) is 2.32. The fourth-order valence-electron chi connectivity index (χ4n) is 1.18. The number of aldehydes is 1. The Morgan fingerprint density at radius 1 is 1.67 bits per heavy atom. The Morgan fingerprint density at radius 3 is 2.75 bits per heavy atom. The lowest BCUT2D eigenvalue weighted by Gasteiger charge is -2.29. The molecule has 64 valence electrons. The minimum absolute atomic E-state index is 0.0676. The molecule has 0 aliphatic heterocycles. The van der Waals surface area contributed by atoms with E-state index in [4.69, 9.17) is 12.2 Å². The van der Waals surface area contributed by atoms with Crippen molar-refractivity contribution in [2.75, 3.05) is 0 Å². The van der Waals surface area contributed by atoms with Gasteiger partial charge in [-0.25, -0.2) is 0 Å². The molecule has 2 atom stereocenters. The summed E-state index contributed by atoms with van der Waals surface area (Å²) in [5.74, 6) is 0.306. The Kier molecular flexibility index (Phi) is 2.58. The average molecular weight is 180 g/mol. The molecular weight excluding hydrogens is 168 g/mol. The van der Waals surface area contributed by atoms with Gasteiger partial charge < -0.3 is 0 Å². The monoisotopic (exact) mass is 180 g/mol. The molecule has 2 unspecified atom stereocenters. The summed E-state index contributed by atoms with van der Waals surface area (Å²) in [6, 6.07) is 0. The summed E-state index contributed by atoms with van der Waals surface area (Å²) in [6.45, 7) is 4.13. The number of hydrogen-bond donors (Lipinski definition) is 0. The molecule has 0 radical (unpaired) electrons. The van der Waals surface area contributed by atoms with E-state index in [1.54, 1.807) is 5.37 Å². The van der Waals surface area contributed by atoms with Gasteiger partial charge in [-0.2, -0.15) is 0 Å². The van der Waals surface area contributed by atoms with Crippen molar-refractivity contribution >= 4 is 23.9 Å². The lowest BCUT2D eigenvalue weighted by molar-refractivity contribution is -0.104. The van der Waals surface area contributed by atoms with Crippen molar-refractivity contribution in [2.45, 2.75) is 13.8 Å². The highest BCUT2D eigenvalue weighted by atomic mass is 32.1. The Hall–Kier alpha value is -0.760. The van der Waals surface area contributed by atoms with Gasteiger partial charge in [0.15, 0.2) is 0 Å². The molecule has 0 bridgehead atoms. The molecule has 0 spiro atoms. The highest BCUT2D eigenvalue weighted by Crippen LogP contribution is 2.32. The minimum Gasteiger partial charge on any atom is -0.298 e. The molecule has 2 heteroatoms. The Bertz CT molecular complexity index is 265. The lowest BCUT2D eigenvalue weighted by atomic mass is 9.76. The number of allylic oxidation sites excluding steroid dienone is 4. The first kappa shape index (κ1) is 9.33. The van der Waals surface area contributed by atoms with E-state index in [1.165, 1.54) is 0 Å². The third-order valence-electron chi connectivity index (χ3n) is 2.45. The fraction of sp³-hybridized carbons (Fsp3) is 0.400. The molecule has 1 nitrogen and oxygen atoms in total. The first-order valence-corrected chi connectivity index (χ1v) is 4.42. The van der Waals surface area contributed by atoms with Crippen LogP contribution in [0.15, 0.2) is 23.8 Å². The molecule has 1 aliphatic rings. The summed E-state index contributed by atoms with van der Waals surface area (Å²) >= 11 is 4.94.